The van der Waals surface area contributed by atoms with Crippen LogP contribution in [0.5, 0.6) is 0 Å². The SMILES string of the molecule is CSCC[C@H](NC(=O)[C@H](CC(=O)O)NC(C)=O)C(=O)N[C@@H](CCC(N)=O)C(=O)N[C@H](CO)CC(=O)O. The Hall–Kier alpha value is -3.40. The molecule has 4 atom stereocenters. The van der Waals surface area contributed by atoms with E-state index in [1.807, 2.05) is 0 Å². The van der Waals surface area contributed by atoms with Crippen LogP contribution in [-0.4, -0.2) is 99.6 Å². The molecule has 0 aliphatic rings. The summed E-state index contributed by atoms with van der Waals surface area (Å²) in [7, 11) is 0. The van der Waals surface area contributed by atoms with Crippen molar-refractivity contribution in [3.8, 4) is 0 Å². The van der Waals surface area contributed by atoms with Crippen molar-refractivity contribution in [3.63, 3.8) is 0 Å². The van der Waals surface area contributed by atoms with E-state index in [-0.39, 0.29) is 19.3 Å². The topological polar surface area (TPSA) is 254 Å². The number of nitrogens with two attached hydrogens (primary N) is 1. The Labute approximate surface area is 211 Å². The van der Waals surface area contributed by atoms with Gasteiger partial charge in [0.25, 0.3) is 0 Å². The van der Waals surface area contributed by atoms with Crippen LogP contribution in [0.1, 0.15) is 39.0 Å². The first-order chi connectivity index (χ1) is 16.8. The molecule has 0 saturated carbocycles. The van der Waals surface area contributed by atoms with Crippen molar-refractivity contribution in [1.82, 2.24) is 21.3 Å². The molecule has 15 nitrogen and oxygen atoms in total. The van der Waals surface area contributed by atoms with E-state index >= 15 is 0 Å². The monoisotopic (exact) mass is 535 g/mol. The number of primary amides is 1. The summed E-state index contributed by atoms with van der Waals surface area (Å²) in [6.07, 6.45) is -0.0960. The molecular formula is C20H33N5O10S. The zero-order chi connectivity index (χ0) is 27.8. The minimum absolute atomic E-state index is 0.0705. The normalized spacial score (nSPS) is 13.9. The van der Waals surface area contributed by atoms with Gasteiger partial charge in [0.05, 0.1) is 25.5 Å². The van der Waals surface area contributed by atoms with Crippen molar-refractivity contribution >= 4 is 53.2 Å². The van der Waals surface area contributed by atoms with Gasteiger partial charge in [0, 0.05) is 13.3 Å². The maximum Gasteiger partial charge on any atom is 0.305 e. The number of carboxylic acids is 2. The molecule has 0 saturated heterocycles. The molecule has 16 heteroatoms. The molecule has 0 fully saturated rings. The van der Waals surface area contributed by atoms with Crippen molar-refractivity contribution in [2.75, 3.05) is 18.6 Å². The molecule has 0 rings (SSSR count). The lowest BCUT2D eigenvalue weighted by Crippen LogP contribution is -2.58. The molecule has 5 amide bonds. The first kappa shape index (κ1) is 32.6. The molecule has 0 heterocycles. The van der Waals surface area contributed by atoms with Crippen LogP contribution in [0, 0.1) is 0 Å². The van der Waals surface area contributed by atoms with Gasteiger partial charge in [-0.25, -0.2) is 0 Å². The molecule has 36 heavy (non-hydrogen) atoms. The van der Waals surface area contributed by atoms with Gasteiger partial charge >= 0.3 is 11.9 Å². The summed E-state index contributed by atoms with van der Waals surface area (Å²) in [5.74, 6) is -6.38. The maximum atomic E-state index is 13.0. The second-order valence-electron chi connectivity index (χ2n) is 7.75. The number of amides is 5. The summed E-state index contributed by atoms with van der Waals surface area (Å²) in [6.45, 7) is 0.390. The van der Waals surface area contributed by atoms with Crippen molar-refractivity contribution in [2.45, 2.75) is 63.2 Å². The predicted octanol–water partition coefficient (Wildman–Crippen LogP) is -3.09. The first-order valence-corrected chi connectivity index (χ1v) is 12.2. The highest BCUT2D eigenvalue weighted by molar-refractivity contribution is 7.98. The van der Waals surface area contributed by atoms with Crippen LogP contribution >= 0.6 is 11.8 Å². The molecule has 0 aliphatic heterocycles. The number of rotatable bonds is 18. The van der Waals surface area contributed by atoms with E-state index < -0.39 is 85.1 Å². The van der Waals surface area contributed by atoms with Crippen LogP contribution in [-0.2, 0) is 33.6 Å². The number of aliphatic hydroxyl groups excluding tert-OH is 1. The fraction of sp³-hybridized carbons (Fsp3) is 0.650. The number of aliphatic carboxylic acids is 2. The second-order valence-corrected chi connectivity index (χ2v) is 8.73. The van der Waals surface area contributed by atoms with Gasteiger partial charge in [0.2, 0.25) is 29.5 Å². The fourth-order valence-electron chi connectivity index (χ4n) is 2.91. The number of nitrogens with one attached hydrogen (secondary N) is 4. The minimum atomic E-state index is -1.46. The third-order valence-electron chi connectivity index (χ3n) is 4.62. The Balaban J connectivity index is 5.66. The van der Waals surface area contributed by atoms with Crippen LogP contribution < -0.4 is 27.0 Å². The Bertz CT molecular complexity index is 809. The Morgan fingerprint density at radius 1 is 0.778 bits per heavy atom. The molecular weight excluding hydrogens is 502 g/mol. The average Bonchev–Trinajstić information content (AvgIpc) is 2.76. The molecule has 0 aliphatic carbocycles. The molecule has 0 aromatic carbocycles. The van der Waals surface area contributed by atoms with E-state index in [4.69, 9.17) is 15.9 Å². The smallest absolute Gasteiger partial charge is 0.305 e. The van der Waals surface area contributed by atoms with Crippen LogP contribution in [0.3, 0.4) is 0 Å². The zero-order valence-corrected chi connectivity index (χ0v) is 20.8. The standard InChI is InChI=1S/C20H33N5O10S/c1-10(27)22-14(8-17(31)32)20(35)25-13(5-6-36-2)19(34)24-12(3-4-15(21)28)18(33)23-11(9-26)7-16(29)30/h11-14,26H,3-9H2,1-2H3,(H2,21,28)(H,22,27)(H,23,33)(H,24,34)(H,25,35)(H,29,30)(H,31,32)/t11-,12-,13-,14-/m0/s1. The molecule has 0 spiro atoms. The Kier molecular flexibility index (Phi) is 15.5. The van der Waals surface area contributed by atoms with Gasteiger partial charge in [0.1, 0.15) is 18.1 Å². The number of thioether (sulfide) groups is 1. The Morgan fingerprint density at radius 2 is 1.28 bits per heavy atom. The maximum absolute atomic E-state index is 13.0. The van der Waals surface area contributed by atoms with E-state index in [0.29, 0.717) is 5.75 Å². The van der Waals surface area contributed by atoms with Gasteiger partial charge in [-0.2, -0.15) is 11.8 Å². The Morgan fingerprint density at radius 3 is 1.72 bits per heavy atom. The first-order valence-electron chi connectivity index (χ1n) is 10.8. The second kappa shape index (κ2) is 17.1. The lowest BCUT2D eigenvalue weighted by Gasteiger charge is -2.25. The van der Waals surface area contributed by atoms with Crippen molar-refractivity contribution in [1.29, 1.82) is 0 Å². The van der Waals surface area contributed by atoms with E-state index in [0.717, 1.165) is 6.92 Å². The van der Waals surface area contributed by atoms with Crippen LogP contribution in [0.25, 0.3) is 0 Å². The van der Waals surface area contributed by atoms with Gasteiger partial charge in [-0.3, -0.25) is 33.6 Å². The van der Waals surface area contributed by atoms with Gasteiger partial charge in [-0.15, -0.1) is 0 Å². The number of hydrogen-bond donors (Lipinski definition) is 8. The largest absolute Gasteiger partial charge is 0.481 e. The summed E-state index contributed by atoms with van der Waals surface area (Å²) in [5, 5.41) is 36.4. The van der Waals surface area contributed by atoms with E-state index in [2.05, 4.69) is 21.3 Å². The minimum Gasteiger partial charge on any atom is -0.481 e. The van der Waals surface area contributed by atoms with Gasteiger partial charge in [0.15, 0.2) is 0 Å². The van der Waals surface area contributed by atoms with Gasteiger partial charge in [-0.1, -0.05) is 0 Å². The lowest BCUT2D eigenvalue weighted by molar-refractivity contribution is -0.141. The van der Waals surface area contributed by atoms with Gasteiger partial charge in [-0.05, 0) is 24.9 Å². The number of carboxylic acid groups (broad SMARTS) is 2. The molecule has 0 bridgehead atoms. The summed E-state index contributed by atoms with van der Waals surface area (Å²) in [6, 6.07) is -5.23. The molecule has 0 unspecified atom stereocenters. The van der Waals surface area contributed by atoms with Crippen LogP contribution in [0.15, 0.2) is 0 Å². The number of carbonyl (C=O) groups is 7. The summed E-state index contributed by atoms with van der Waals surface area (Å²) in [4.78, 5) is 82.8. The quantitative estimate of drug-likeness (QED) is 0.0872. The fourth-order valence-corrected chi connectivity index (χ4v) is 3.38. The highest BCUT2D eigenvalue weighted by Gasteiger charge is 2.31. The molecule has 0 aromatic rings. The van der Waals surface area contributed by atoms with E-state index in [1.165, 1.54) is 11.8 Å². The lowest BCUT2D eigenvalue weighted by atomic mass is 10.1. The molecule has 0 aromatic heterocycles. The number of hydrogen-bond acceptors (Lipinski definition) is 9. The third kappa shape index (κ3) is 14.1. The highest BCUT2D eigenvalue weighted by atomic mass is 32.2. The molecule has 9 N–H and O–H groups in total. The zero-order valence-electron chi connectivity index (χ0n) is 19.9. The van der Waals surface area contributed by atoms with E-state index in [9.17, 15) is 38.7 Å². The van der Waals surface area contributed by atoms with Gasteiger partial charge < -0.3 is 42.3 Å². The summed E-state index contributed by atoms with van der Waals surface area (Å²) >= 11 is 1.34. The highest BCUT2D eigenvalue weighted by Crippen LogP contribution is 2.06. The van der Waals surface area contributed by atoms with Crippen LogP contribution in [0.4, 0.5) is 0 Å². The summed E-state index contributed by atoms with van der Waals surface area (Å²) < 4.78 is 0. The predicted molar refractivity (Wildman–Crippen MR) is 126 cm³/mol. The van der Waals surface area contributed by atoms with E-state index in [1.54, 1.807) is 6.26 Å². The average molecular weight is 536 g/mol. The molecule has 204 valence electrons. The van der Waals surface area contributed by atoms with Crippen molar-refractivity contribution < 1.29 is 48.9 Å². The number of aliphatic hydroxyl groups is 1. The number of carbonyl (C=O) groups excluding carboxylic acids is 5. The molecule has 0 radical (unpaired) electrons. The van der Waals surface area contributed by atoms with Crippen molar-refractivity contribution in [2.24, 2.45) is 5.73 Å². The van der Waals surface area contributed by atoms with Crippen LogP contribution in [0.2, 0.25) is 0 Å². The third-order valence-corrected chi connectivity index (χ3v) is 5.26. The van der Waals surface area contributed by atoms with Crippen molar-refractivity contribution in [3.05, 3.63) is 0 Å². The summed E-state index contributed by atoms with van der Waals surface area (Å²) in [5.41, 5.74) is 5.13.